The molecule has 0 aliphatic rings. The average Bonchev–Trinajstić information content (AvgIpc) is 2.63. The van der Waals surface area contributed by atoms with Crippen LogP contribution in [0.2, 0.25) is 0 Å². The molecule has 0 spiro atoms. The van der Waals surface area contributed by atoms with E-state index in [9.17, 15) is 14.7 Å². The highest BCUT2D eigenvalue weighted by Crippen LogP contribution is 2.26. The van der Waals surface area contributed by atoms with Gasteiger partial charge in [0, 0.05) is 18.1 Å². The molecule has 0 aliphatic heterocycles. The minimum absolute atomic E-state index is 0.276. The summed E-state index contributed by atoms with van der Waals surface area (Å²) in [6.07, 6.45) is 2.51. The first-order valence-electron chi connectivity index (χ1n) is 8.17. The minimum atomic E-state index is -0.674. The summed E-state index contributed by atoms with van der Waals surface area (Å²) < 4.78 is 1.47. The third-order valence-electron chi connectivity index (χ3n) is 4.16. The molecule has 6 heteroatoms. The molecule has 0 bridgehead atoms. The van der Waals surface area contributed by atoms with E-state index in [4.69, 9.17) is 0 Å². The molecule has 3 aromatic rings. The lowest BCUT2D eigenvalue weighted by Crippen LogP contribution is -2.29. The van der Waals surface area contributed by atoms with Crippen LogP contribution in [0.5, 0.6) is 5.75 Å². The number of aromatic hydroxyl groups is 1. The highest BCUT2D eigenvalue weighted by molar-refractivity contribution is 6.08. The van der Waals surface area contributed by atoms with Gasteiger partial charge in [-0.3, -0.25) is 9.59 Å². The van der Waals surface area contributed by atoms with Crippen LogP contribution in [0.15, 0.2) is 47.4 Å². The number of para-hydroxylation sites is 1. The number of benzene rings is 1. The van der Waals surface area contributed by atoms with Gasteiger partial charge in [0.2, 0.25) is 0 Å². The van der Waals surface area contributed by atoms with E-state index in [0.717, 1.165) is 12.0 Å². The van der Waals surface area contributed by atoms with E-state index < -0.39 is 11.5 Å². The Morgan fingerprint density at radius 2 is 1.96 bits per heavy atom. The summed E-state index contributed by atoms with van der Waals surface area (Å²) in [4.78, 5) is 29.4. The van der Waals surface area contributed by atoms with E-state index in [1.165, 1.54) is 4.57 Å². The number of carbonyl (C=O) groups excluding carboxylic acids is 1. The van der Waals surface area contributed by atoms with Gasteiger partial charge in [-0.05, 0) is 37.1 Å². The maximum Gasteiger partial charge on any atom is 0.267 e. The van der Waals surface area contributed by atoms with Crippen molar-refractivity contribution in [2.75, 3.05) is 5.32 Å². The maximum atomic E-state index is 12.7. The van der Waals surface area contributed by atoms with Gasteiger partial charge < -0.3 is 15.0 Å². The van der Waals surface area contributed by atoms with Crippen molar-refractivity contribution in [3.8, 4) is 5.75 Å². The number of hydrogen-bond donors (Lipinski definition) is 2. The number of pyridine rings is 2. The number of rotatable bonds is 4. The lowest BCUT2D eigenvalue weighted by Gasteiger charge is -2.13. The lowest BCUT2D eigenvalue weighted by molar-refractivity contribution is 0.102. The Morgan fingerprint density at radius 1 is 1.20 bits per heavy atom. The van der Waals surface area contributed by atoms with Gasteiger partial charge in [-0.25, -0.2) is 4.98 Å². The number of aromatic nitrogens is 2. The third kappa shape index (κ3) is 2.98. The Balaban J connectivity index is 2.07. The van der Waals surface area contributed by atoms with Gasteiger partial charge in [0.15, 0.2) is 0 Å². The second-order valence-electron chi connectivity index (χ2n) is 5.65. The molecular weight excluding hydrogens is 318 g/mol. The van der Waals surface area contributed by atoms with Gasteiger partial charge >= 0.3 is 0 Å². The first-order chi connectivity index (χ1) is 12.1. The molecule has 1 aromatic carbocycles. The van der Waals surface area contributed by atoms with Crippen LogP contribution in [-0.4, -0.2) is 20.6 Å². The summed E-state index contributed by atoms with van der Waals surface area (Å²) in [5.74, 6) is -0.655. The summed E-state index contributed by atoms with van der Waals surface area (Å²) >= 11 is 0. The predicted octanol–water partition coefficient (Wildman–Crippen LogP) is 2.94. The van der Waals surface area contributed by atoms with Crippen LogP contribution >= 0.6 is 0 Å². The monoisotopic (exact) mass is 337 g/mol. The Bertz CT molecular complexity index is 991. The molecule has 3 rings (SSSR count). The summed E-state index contributed by atoms with van der Waals surface area (Å²) in [6.45, 7) is 4.22. The summed E-state index contributed by atoms with van der Waals surface area (Å²) in [5.41, 5.74) is 0.831. The highest BCUT2D eigenvalue weighted by atomic mass is 16.3. The van der Waals surface area contributed by atoms with E-state index in [1.54, 1.807) is 36.5 Å². The Hall–Kier alpha value is -3.15. The average molecular weight is 337 g/mol. The fraction of sp³-hybridized carbons (Fsp3) is 0.211. The molecule has 0 radical (unpaired) electrons. The van der Waals surface area contributed by atoms with Crippen molar-refractivity contribution in [1.82, 2.24) is 9.55 Å². The minimum Gasteiger partial charge on any atom is -0.506 e. The topological polar surface area (TPSA) is 84.2 Å². The SMILES string of the molecule is CCc1ccc(NC(=O)c2c(O)c3ccccc3n(CC)c2=O)nc1. The molecule has 2 aromatic heterocycles. The third-order valence-corrected chi connectivity index (χ3v) is 4.16. The molecule has 0 saturated heterocycles. The number of nitrogens with zero attached hydrogens (tertiary/aromatic N) is 2. The number of nitrogens with one attached hydrogen (secondary N) is 1. The molecule has 25 heavy (non-hydrogen) atoms. The molecule has 1 amide bonds. The standard InChI is InChI=1S/C19H19N3O3/c1-3-12-9-10-15(20-11-12)21-18(24)16-17(23)13-7-5-6-8-14(13)22(4-2)19(16)25/h5-11,23H,3-4H2,1-2H3,(H,20,21,24). The van der Waals surface area contributed by atoms with E-state index in [2.05, 4.69) is 10.3 Å². The molecule has 0 aliphatic carbocycles. The Kier molecular flexibility index (Phi) is 4.52. The number of fused-ring (bicyclic) bond motifs is 1. The Morgan fingerprint density at radius 3 is 2.60 bits per heavy atom. The van der Waals surface area contributed by atoms with Crippen molar-refractivity contribution in [3.05, 3.63) is 64.1 Å². The van der Waals surface area contributed by atoms with Crippen LogP contribution < -0.4 is 10.9 Å². The normalized spacial score (nSPS) is 10.8. The second-order valence-corrected chi connectivity index (χ2v) is 5.65. The van der Waals surface area contributed by atoms with Crippen molar-refractivity contribution in [2.24, 2.45) is 0 Å². The van der Waals surface area contributed by atoms with Gasteiger partial charge in [0.05, 0.1) is 5.52 Å². The van der Waals surface area contributed by atoms with Crippen LogP contribution in [0.4, 0.5) is 5.82 Å². The summed E-state index contributed by atoms with van der Waals surface area (Å²) in [5, 5.41) is 13.5. The van der Waals surface area contributed by atoms with Gasteiger partial charge in [-0.2, -0.15) is 0 Å². The number of amides is 1. The van der Waals surface area contributed by atoms with E-state index in [0.29, 0.717) is 23.3 Å². The zero-order valence-electron chi connectivity index (χ0n) is 14.1. The van der Waals surface area contributed by atoms with Gasteiger partial charge in [0.1, 0.15) is 17.1 Å². The summed E-state index contributed by atoms with van der Waals surface area (Å²) in [7, 11) is 0. The van der Waals surface area contributed by atoms with Crippen LogP contribution in [0.25, 0.3) is 10.9 Å². The molecule has 6 nitrogen and oxygen atoms in total. The van der Waals surface area contributed by atoms with Crippen LogP contribution in [-0.2, 0) is 13.0 Å². The largest absolute Gasteiger partial charge is 0.506 e. The zero-order valence-corrected chi connectivity index (χ0v) is 14.1. The predicted molar refractivity (Wildman–Crippen MR) is 97.1 cm³/mol. The van der Waals surface area contributed by atoms with E-state index >= 15 is 0 Å². The Labute approximate surface area is 144 Å². The highest BCUT2D eigenvalue weighted by Gasteiger charge is 2.22. The quantitative estimate of drug-likeness (QED) is 0.766. The smallest absolute Gasteiger partial charge is 0.267 e. The number of aryl methyl sites for hydroxylation is 2. The lowest BCUT2D eigenvalue weighted by atomic mass is 10.1. The second kappa shape index (κ2) is 6.76. The van der Waals surface area contributed by atoms with Crippen molar-refractivity contribution >= 4 is 22.6 Å². The van der Waals surface area contributed by atoms with E-state index in [1.807, 2.05) is 19.9 Å². The van der Waals surface area contributed by atoms with Crippen LogP contribution in [0.1, 0.15) is 29.8 Å². The van der Waals surface area contributed by atoms with Crippen molar-refractivity contribution < 1.29 is 9.90 Å². The fourth-order valence-corrected chi connectivity index (χ4v) is 2.79. The van der Waals surface area contributed by atoms with E-state index in [-0.39, 0.29) is 11.3 Å². The van der Waals surface area contributed by atoms with Crippen molar-refractivity contribution in [1.29, 1.82) is 0 Å². The first-order valence-corrected chi connectivity index (χ1v) is 8.17. The fourth-order valence-electron chi connectivity index (χ4n) is 2.79. The molecule has 128 valence electrons. The molecular formula is C19H19N3O3. The maximum absolute atomic E-state index is 12.7. The zero-order chi connectivity index (χ0) is 18.0. The molecule has 0 saturated carbocycles. The molecule has 2 heterocycles. The number of carbonyl (C=O) groups is 1. The van der Waals surface area contributed by atoms with Crippen molar-refractivity contribution in [2.45, 2.75) is 26.8 Å². The first kappa shape index (κ1) is 16.7. The molecule has 0 fully saturated rings. The summed E-state index contributed by atoms with van der Waals surface area (Å²) in [6, 6.07) is 10.5. The van der Waals surface area contributed by atoms with Crippen LogP contribution in [0, 0.1) is 0 Å². The van der Waals surface area contributed by atoms with Crippen LogP contribution in [0.3, 0.4) is 0 Å². The number of hydrogen-bond acceptors (Lipinski definition) is 4. The molecule has 0 unspecified atom stereocenters. The number of anilines is 1. The van der Waals surface area contributed by atoms with Gasteiger partial charge in [0.25, 0.3) is 11.5 Å². The molecule has 0 atom stereocenters. The van der Waals surface area contributed by atoms with Gasteiger partial charge in [-0.1, -0.05) is 25.1 Å². The molecule has 2 N–H and O–H groups in total. The van der Waals surface area contributed by atoms with Gasteiger partial charge in [-0.15, -0.1) is 0 Å². The van der Waals surface area contributed by atoms with Crippen molar-refractivity contribution in [3.63, 3.8) is 0 Å².